The second-order valence-electron chi connectivity index (χ2n) is 4.38. The van der Waals surface area contributed by atoms with E-state index in [0.717, 1.165) is 22.5 Å². The van der Waals surface area contributed by atoms with Crippen LogP contribution < -0.4 is 5.32 Å². The van der Waals surface area contributed by atoms with Gasteiger partial charge in [-0.25, -0.2) is 9.78 Å². The van der Waals surface area contributed by atoms with Crippen LogP contribution in [0.25, 0.3) is 0 Å². The lowest BCUT2D eigenvalue weighted by atomic mass is 10.1. The third-order valence-electron chi connectivity index (χ3n) is 2.74. The topological polar surface area (TPSA) is 79.3 Å². The normalized spacial score (nSPS) is 10.2. The van der Waals surface area contributed by atoms with Gasteiger partial charge < -0.3 is 10.4 Å². The number of carbonyl (C=O) groups is 2. The van der Waals surface area contributed by atoms with Crippen LogP contribution in [0.4, 0.5) is 0 Å². The number of benzene rings is 1. The van der Waals surface area contributed by atoms with Gasteiger partial charge >= 0.3 is 5.97 Å². The Morgan fingerprint density at radius 3 is 2.90 bits per heavy atom. The molecule has 0 unspecified atom stereocenters. The minimum absolute atomic E-state index is 0.0169. The molecule has 6 heteroatoms. The number of carboxylic acids is 1. The van der Waals surface area contributed by atoms with E-state index in [0.29, 0.717) is 12.2 Å². The number of thiazole rings is 1. The van der Waals surface area contributed by atoms with Crippen LogP contribution in [0.5, 0.6) is 0 Å². The van der Waals surface area contributed by atoms with Crippen LogP contribution in [0.2, 0.25) is 0 Å². The van der Waals surface area contributed by atoms with Gasteiger partial charge in [-0.05, 0) is 12.5 Å². The van der Waals surface area contributed by atoms with E-state index >= 15 is 0 Å². The standard InChI is InChI=1S/C14H14N2O3S/c1-9-3-2-4-10(5-9)7-15-12(17)6-11-13(14(18)19)20-8-16-11/h2-5,8H,6-7H2,1H3,(H,15,17)(H,18,19). The van der Waals surface area contributed by atoms with Crippen LogP contribution in [0.15, 0.2) is 29.8 Å². The van der Waals surface area contributed by atoms with E-state index in [-0.39, 0.29) is 17.2 Å². The van der Waals surface area contributed by atoms with E-state index in [2.05, 4.69) is 10.3 Å². The molecule has 0 aliphatic heterocycles. The molecule has 1 amide bonds. The lowest BCUT2D eigenvalue weighted by Gasteiger charge is -2.05. The number of amides is 1. The van der Waals surface area contributed by atoms with Crippen LogP contribution in [0.1, 0.15) is 26.5 Å². The zero-order valence-electron chi connectivity index (χ0n) is 10.9. The van der Waals surface area contributed by atoms with Gasteiger partial charge in [-0.1, -0.05) is 29.8 Å². The molecule has 0 bridgehead atoms. The Bertz CT molecular complexity index is 637. The highest BCUT2D eigenvalue weighted by Crippen LogP contribution is 2.13. The maximum atomic E-state index is 11.8. The molecule has 1 aromatic heterocycles. The summed E-state index contributed by atoms with van der Waals surface area (Å²) in [4.78, 5) is 26.8. The smallest absolute Gasteiger partial charge is 0.347 e. The maximum absolute atomic E-state index is 11.8. The van der Waals surface area contributed by atoms with Gasteiger partial charge in [0.25, 0.3) is 0 Å². The van der Waals surface area contributed by atoms with Crippen LogP contribution in [0.3, 0.4) is 0 Å². The van der Waals surface area contributed by atoms with E-state index in [1.54, 1.807) is 0 Å². The third-order valence-corrected chi connectivity index (χ3v) is 3.59. The van der Waals surface area contributed by atoms with E-state index in [1.165, 1.54) is 5.51 Å². The van der Waals surface area contributed by atoms with Crippen molar-refractivity contribution >= 4 is 23.2 Å². The lowest BCUT2D eigenvalue weighted by Crippen LogP contribution is -2.25. The summed E-state index contributed by atoms with van der Waals surface area (Å²) < 4.78 is 0. The molecule has 1 heterocycles. The first-order valence-corrected chi connectivity index (χ1v) is 6.92. The summed E-state index contributed by atoms with van der Waals surface area (Å²) in [6.07, 6.45) is -0.0169. The largest absolute Gasteiger partial charge is 0.477 e. The predicted octanol–water partition coefficient (Wildman–Crippen LogP) is 2.01. The molecule has 0 saturated heterocycles. The van der Waals surface area contributed by atoms with Gasteiger partial charge in [-0.2, -0.15) is 0 Å². The molecule has 0 spiro atoms. The summed E-state index contributed by atoms with van der Waals surface area (Å²) in [6, 6.07) is 7.84. The second kappa shape index (κ2) is 6.29. The highest BCUT2D eigenvalue weighted by Gasteiger charge is 2.16. The van der Waals surface area contributed by atoms with Crippen molar-refractivity contribution in [3.05, 3.63) is 51.5 Å². The van der Waals surface area contributed by atoms with Crippen LogP contribution >= 0.6 is 11.3 Å². The quantitative estimate of drug-likeness (QED) is 0.883. The summed E-state index contributed by atoms with van der Waals surface area (Å²) in [6.45, 7) is 2.41. The minimum Gasteiger partial charge on any atom is -0.477 e. The van der Waals surface area contributed by atoms with E-state index in [1.807, 2.05) is 31.2 Å². The molecule has 0 aliphatic rings. The number of nitrogens with zero attached hydrogens (tertiary/aromatic N) is 1. The van der Waals surface area contributed by atoms with Crippen molar-refractivity contribution in [3.63, 3.8) is 0 Å². The SMILES string of the molecule is Cc1cccc(CNC(=O)Cc2ncsc2C(=O)O)c1. The Hall–Kier alpha value is -2.21. The fourth-order valence-electron chi connectivity index (χ4n) is 1.81. The van der Waals surface area contributed by atoms with Crippen LogP contribution in [-0.2, 0) is 17.8 Å². The van der Waals surface area contributed by atoms with Gasteiger partial charge in [-0.15, -0.1) is 11.3 Å². The Kier molecular flexibility index (Phi) is 4.47. The highest BCUT2D eigenvalue weighted by atomic mass is 32.1. The summed E-state index contributed by atoms with van der Waals surface area (Å²) in [5.41, 5.74) is 3.89. The zero-order chi connectivity index (χ0) is 14.5. The number of aromatic carboxylic acids is 1. The van der Waals surface area contributed by atoms with Gasteiger partial charge in [0.2, 0.25) is 5.91 Å². The molecule has 104 valence electrons. The van der Waals surface area contributed by atoms with Crippen molar-refractivity contribution in [2.45, 2.75) is 19.9 Å². The predicted molar refractivity (Wildman–Crippen MR) is 75.8 cm³/mol. The monoisotopic (exact) mass is 290 g/mol. The fourth-order valence-corrected chi connectivity index (χ4v) is 2.45. The van der Waals surface area contributed by atoms with Gasteiger partial charge in [0, 0.05) is 6.54 Å². The third kappa shape index (κ3) is 3.64. The second-order valence-corrected chi connectivity index (χ2v) is 5.23. The fraction of sp³-hybridized carbons (Fsp3) is 0.214. The molecular weight excluding hydrogens is 276 g/mol. The molecule has 0 saturated carbocycles. The summed E-state index contributed by atoms with van der Waals surface area (Å²) in [7, 11) is 0. The first kappa shape index (κ1) is 14.2. The Morgan fingerprint density at radius 2 is 2.20 bits per heavy atom. The lowest BCUT2D eigenvalue weighted by molar-refractivity contribution is -0.120. The molecule has 2 aromatic rings. The van der Waals surface area contributed by atoms with E-state index in [4.69, 9.17) is 5.11 Å². The van der Waals surface area contributed by atoms with Crippen molar-refractivity contribution < 1.29 is 14.7 Å². The van der Waals surface area contributed by atoms with Gasteiger partial charge in [-0.3, -0.25) is 4.79 Å². The number of rotatable bonds is 5. The van der Waals surface area contributed by atoms with Crippen molar-refractivity contribution in [1.82, 2.24) is 10.3 Å². The average molecular weight is 290 g/mol. The Balaban J connectivity index is 1.93. The van der Waals surface area contributed by atoms with Gasteiger partial charge in [0.1, 0.15) is 4.88 Å². The van der Waals surface area contributed by atoms with Crippen molar-refractivity contribution in [1.29, 1.82) is 0 Å². The van der Waals surface area contributed by atoms with Crippen molar-refractivity contribution in [3.8, 4) is 0 Å². The first-order valence-electron chi connectivity index (χ1n) is 6.04. The molecule has 1 aromatic carbocycles. The molecule has 0 atom stereocenters. The number of hydrogen-bond donors (Lipinski definition) is 2. The molecule has 0 fully saturated rings. The number of carbonyl (C=O) groups excluding carboxylic acids is 1. The number of nitrogens with one attached hydrogen (secondary N) is 1. The Labute approximate surface area is 120 Å². The number of aromatic nitrogens is 1. The Morgan fingerprint density at radius 1 is 1.40 bits per heavy atom. The molecule has 20 heavy (non-hydrogen) atoms. The van der Waals surface area contributed by atoms with Crippen molar-refractivity contribution in [2.75, 3.05) is 0 Å². The molecule has 2 rings (SSSR count). The maximum Gasteiger partial charge on any atom is 0.347 e. The molecule has 2 N–H and O–H groups in total. The zero-order valence-corrected chi connectivity index (χ0v) is 11.7. The number of carboxylic acid groups (broad SMARTS) is 1. The minimum atomic E-state index is -1.05. The highest BCUT2D eigenvalue weighted by molar-refractivity contribution is 7.11. The van der Waals surface area contributed by atoms with Gasteiger partial charge in [0.05, 0.1) is 17.6 Å². The number of hydrogen-bond acceptors (Lipinski definition) is 4. The van der Waals surface area contributed by atoms with Crippen molar-refractivity contribution in [2.24, 2.45) is 0 Å². The summed E-state index contributed by atoms with van der Waals surface area (Å²) in [5, 5.41) is 11.7. The summed E-state index contributed by atoms with van der Waals surface area (Å²) >= 11 is 1.03. The molecular formula is C14H14N2O3S. The van der Waals surface area contributed by atoms with Crippen LogP contribution in [-0.4, -0.2) is 22.0 Å². The van der Waals surface area contributed by atoms with E-state index in [9.17, 15) is 9.59 Å². The molecule has 0 aliphatic carbocycles. The molecule has 5 nitrogen and oxygen atoms in total. The molecule has 0 radical (unpaired) electrons. The summed E-state index contributed by atoms with van der Waals surface area (Å²) in [5.74, 6) is -1.28. The number of aryl methyl sites for hydroxylation is 1. The van der Waals surface area contributed by atoms with Gasteiger partial charge in [0.15, 0.2) is 0 Å². The van der Waals surface area contributed by atoms with E-state index < -0.39 is 5.97 Å². The first-order chi connectivity index (χ1) is 9.56. The average Bonchev–Trinajstić information content (AvgIpc) is 2.85. The van der Waals surface area contributed by atoms with Crippen LogP contribution in [0, 0.1) is 6.92 Å².